The summed E-state index contributed by atoms with van der Waals surface area (Å²) in [5.74, 6) is -0.931. The van der Waals surface area contributed by atoms with Gasteiger partial charge in [0.25, 0.3) is 0 Å². The molecule has 40 heavy (non-hydrogen) atoms. The van der Waals surface area contributed by atoms with E-state index in [2.05, 4.69) is 5.32 Å². The molecule has 3 aromatic rings. The molecule has 11 heteroatoms. The highest BCUT2D eigenvalue weighted by Crippen LogP contribution is 2.25. The molecule has 3 rings (SSSR count). The molecule has 0 aliphatic heterocycles. The van der Waals surface area contributed by atoms with Gasteiger partial charge in [0, 0.05) is 43.1 Å². The predicted molar refractivity (Wildman–Crippen MR) is 161 cm³/mol. The van der Waals surface area contributed by atoms with Crippen LogP contribution in [0.25, 0.3) is 0 Å². The average Bonchev–Trinajstić information content (AvgIpc) is 2.90. The monoisotopic (exact) mass is 604 g/mol. The van der Waals surface area contributed by atoms with Crippen molar-refractivity contribution in [2.45, 2.75) is 38.9 Å². The van der Waals surface area contributed by atoms with Crippen LogP contribution in [0.2, 0.25) is 10.0 Å². The third-order valence-corrected chi connectivity index (χ3v) is 8.53. The van der Waals surface area contributed by atoms with Gasteiger partial charge < -0.3 is 10.2 Å². The number of anilines is 1. The van der Waals surface area contributed by atoms with Gasteiger partial charge in [-0.2, -0.15) is 12.7 Å². The van der Waals surface area contributed by atoms with Crippen molar-refractivity contribution in [2.24, 2.45) is 0 Å². The minimum Gasteiger partial charge on any atom is -0.352 e. The molecule has 8 nitrogen and oxygen atoms in total. The van der Waals surface area contributed by atoms with Gasteiger partial charge in [-0.05, 0) is 49.2 Å². The summed E-state index contributed by atoms with van der Waals surface area (Å²) in [7, 11) is -1.26. The minimum atomic E-state index is -4.06. The van der Waals surface area contributed by atoms with Gasteiger partial charge in [-0.1, -0.05) is 77.8 Å². The number of carbonyl (C=O) groups excluding carboxylic acids is 2. The maximum atomic E-state index is 14.2. The van der Waals surface area contributed by atoms with Gasteiger partial charge in [0.1, 0.15) is 12.6 Å². The second-order valence-corrected chi connectivity index (χ2v) is 12.7. The molecule has 0 unspecified atom stereocenters. The molecule has 0 aliphatic rings. The summed E-state index contributed by atoms with van der Waals surface area (Å²) in [5, 5.41) is 3.67. The van der Waals surface area contributed by atoms with Gasteiger partial charge in [0.2, 0.25) is 11.8 Å². The van der Waals surface area contributed by atoms with Crippen molar-refractivity contribution in [2.75, 3.05) is 24.9 Å². The van der Waals surface area contributed by atoms with Crippen molar-refractivity contribution < 1.29 is 18.0 Å². The van der Waals surface area contributed by atoms with Gasteiger partial charge in [0.05, 0.1) is 5.69 Å². The van der Waals surface area contributed by atoms with Crippen molar-refractivity contribution in [3.05, 3.63) is 100 Å². The largest absolute Gasteiger partial charge is 0.352 e. The van der Waals surface area contributed by atoms with Crippen molar-refractivity contribution in [3.63, 3.8) is 0 Å². The van der Waals surface area contributed by atoms with E-state index in [1.807, 2.05) is 44.2 Å². The van der Waals surface area contributed by atoms with Crippen molar-refractivity contribution in [1.82, 2.24) is 14.5 Å². The fourth-order valence-electron chi connectivity index (χ4n) is 4.08. The van der Waals surface area contributed by atoms with Crippen LogP contribution in [0.1, 0.15) is 25.0 Å². The summed E-state index contributed by atoms with van der Waals surface area (Å²) >= 11 is 12.6. The molecule has 0 radical (unpaired) electrons. The SMILES string of the molecule is CC(C)NC(=O)[C@@H](Cc1ccccc1)N(Cc1ccc(Cl)cc1Cl)C(=O)CN(c1ccccc1)S(=O)(=O)N(C)C. The lowest BCUT2D eigenvalue weighted by molar-refractivity contribution is -0.140. The second-order valence-electron chi connectivity index (χ2n) is 9.76. The number of halogens is 2. The maximum absolute atomic E-state index is 14.2. The summed E-state index contributed by atoms with van der Waals surface area (Å²) in [4.78, 5) is 29.1. The molecule has 0 spiro atoms. The number of hydrogen-bond donors (Lipinski definition) is 1. The number of para-hydroxylation sites is 1. The molecule has 3 aromatic carbocycles. The quantitative estimate of drug-likeness (QED) is 0.322. The van der Waals surface area contributed by atoms with Crippen LogP contribution >= 0.6 is 23.2 Å². The van der Waals surface area contributed by atoms with Gasteiger partial charge in [0.15, 0.2) is 0 Å². The van der Waals surface area contributed by atoms with Crippen LogP contribution in [0.15, 0.2) is 78.9 Å². The molecule has 1 N–H and O–H groups in total. The van der Waals surface area contributed by atoms with E-state index in [0.717, 1.165) is 14.2 Å². The fourth-order valence-corrected chi connectivity index (χ4v) is 5.60. The molecule has 2 amide bonds. The molecule has 0 saturated carbocycles. The lowest BCUT2D eigenvalue weighted by atomic mass is 10.0. The van der Waals surface area contributed by atoms with Crippen LogP contribution in [0.5, 0.6) is 0 Å². The van der Waals surface area contributed by atoms with Crippen LogP contribution in [0.4, 0.5) is 5.69 Å². The predicted octanol–water partition coefficient (Wildman–Crippen LogP) is 4.77. The smallest absolute Gasteiger partial charge is 0.304 e. The molecular formula is C29H34Cl2N4O4S. The zero-order valence-corrected chi connectivity index (χ0v) is 25.2. The van der Waals surface area contributed by atoms with Crippen molar-refractivity contribution >= 4 is 50.9 Å². The summed E-state index contributed by atoms with van der Waals surface area (Å²) < 4.78 is 28.8. The van der Waals surface area contributed by atoms with E-state index >= 15 is 0 Å². The van der Waals surface area contributed by atoms with E-state index in [9.17, 15) is 18.0 Å². The normalized spacial score (nSPS) is 12.3. The van der Waals surface area contributed by atoms with Crippen LogP contribution in [-0.4, -0.2) is 62.2 Å². The molecule has 214 valence electrons. The number of rotatable bonds is 12. The topological polar surface area (TPSA) is 90.0 Å². The summed E-state index contributed by atoms with van der Waals surface area (Å²) in [6, 6.07) is 21.5. The second kappa shape index (κ2) is 14.0. The summed E-state index contributed by atoms with van der Waals surface area (Å²) in [5.41, 5.74) is 1.73. The summed E-state index contributed by atoms with van der Waals surface area (Å²) in [6.45, 7) is 3.10. The van der Waals surface area contributed by atoms with E-state index in [1.165, 1.54) is 19.0 Å². The molecule has 0 aromatic heterocycles. The first kappa shape index (κ1) is 31.4. The van der Waals surface area contributed by atoms with Crippen LogP contribution in [-0.2, 0) is 32.8 Å². The Morgan fingerprint density at radius 1 is 0.900 bits per heavy atom. The van der Waals surface area contributed by atoms with Gasteiger partial charge in [-0.15, -0.1) is 0 Å². The van der Waals surface area contributed by atoms with Crippen molar-refractivity contribution in [3.8, 4) is 0 Å². The molecule has 1 atom stereocenters. The lowest BCUT2D eigenvalue weighted by Gasteiger charge is -2.35. The number of nitrogens with one attached hydrogen (secondary N) is 1. The minimum absolute atomic E-state index is 0.0392. The molecular weight excluding hydrogens is 571 g/mol. The zero-order valence-electron chi connectivity index (χ0n) is 22.9. The Labute approximate surface area is 246 Å². The first-order valence-electron chi connectivity index (χ1n) is 12.7. The Hall–Kier alpha value is -3.11. The number of benzene rings is 3. The molecule has 0 heterocycles. The van der Waals surface area contributed by atoms with Gasteiger partial charge in [-0.3, -0.25) is 9.59 Å². The number of hydrogen-bond acceptors (Lipinski definition) is 4. The average molecular weight is 606 g/mol. The van der Waals surface area contributed by atoms with Crippen molar-refractivity contribution in [1.29, 1.82) is 0 Å². The fraction of sp³-hybridized carbons (Fsp3) is 0.310. The van der Waals surface area contributed by atoms with Crippen LogP contribution in [0.3, 0.4) is 0 Å². The Balaban J connectivity index is 2.10. The lowest BCUT2D eigenvalue weighted by Crippen LogP contribution is -2.55. The molecule has 0 saturated heterocycles. The Morgan fingerprint density at radius 3 is 2.05 bits per heavy atom. The van der Waals surface area contributed by atoms with E-state index in [4.69, 9.17) is 23.2 Å². The Kier molecular flexibility index (Phi) is 11.0. The third-order valence-electron chi connectivity index (χ3n) is 6.12. The van der Waals surface area contributed by atoms with E-state index in [1.54, 1.807) is 48.5 Å². The standard InChI is InChI=1S/C29H34Cl2N4O4S/c1-21(2)32-29(37)27(17-22-11-7-5-8-12-22)34(19-23-15-16-24(30)18-26(23)31)28(36)20-35(40(38,39)33(3)4)25-13-9-6-10-14-25/h5-16,18,21,27H,17,19-20H2,1-4H3,(H,32,37)/t27-/m1/s1. The number of amides is 2. The molecule has 0 bridgehead atoms. The first-order chi connectivity index (χ1) is 18.9. The van der Waals surface area contributed by atoms with Gasteiger partial charge in [-0.25, -0.2) is 4.31 Å². The highest BCUT2D eigenvalue weighted by atomic mass is 35.5. The summed E-state index contributed by atoms with van der Waals surface area (Å²) in [6.07, 6.45) is 0.210. The van der Waals surface area contributed by atoms with Gasteiger partial charge >= 0.3 is 10.2 Å². The zero-order chi connectivity index (χ0) is 29.4. The maximum Gasteiger partial charge on any atom is 0.304 e. The van der Waals surface area contributed by atoms with E-state index in [0.29, 0.717) is 21.3 Å². The first-order valence-corrected chi connectivity index (χ1v) is 14.9. The number of nitrogens with zero attached hydrogens (tertiary/aromatic N) is 3. The highest BCUT2D eigenvalue weighted by molar-refractivity contribution is 7.90. The Bertz CT molecular complexity index is 1400. The van der Waals surface area contributed by atoms with Crippen LogP contribution in [0, 0.1) is 0 Å². The van der Waals surface area contributed by atoms with E-state index in [-0.39, 0.29) is 24.9 Å². The Morgan fingerprint density at radius 2 is 1.50 bits per heavy atom. The van der Waals surface area contributed by atoms with Crippen LogP contribution < -0.4 is 9.62 Å². The number of carbonyl (C=O) groups is 2. The highest BCUT2D eigenvalue weighted by Gasteiger charge is 2.35. The molecule has 0 fully saturated rings. The van der Waals surface area contributed by atoms with E-state index < -0.39 is 28.7 Å². The third kappa shape index (κ3) is 8.20. The molecule has 0 aliphatic carbocycles.